The topological polar surface area (TPSA) is 34.1 Å². The zero-order valence-corrected chi connectivity index (χ0v) is 9.60. The van der Waals surface area contributed by atoms with E-state index in [9.17, 15) is 0 Å². The van der Waals surface area contributed by atoms with Gasteiger partial charge in [0, 0.05) is 0 Å². The van der Waals surface area contributed by atoms with E-state index in [1.165, 1.54) is 11.3 Å². The van der Waals surface area contributed by atoms with Crippen molar-refractivity contribution in [3.8, 4) is 5.75 Å². The fraction of sp³-hybridized carbons (Fsp3) is 0.100. The lowest BCUT2D eigenvalue weighted by Gasteiger charge is -2.08. The number of ether oxygens (including phenoxy) is 1. The van der Waals surface area contributed by atoms with Crippen LogP contribution in [0.1, 0.15) is 0 Å². The molecule has 0 spiro atoms. The predicted octanol–water partition coefficient (Wildman–Crippen LogP) is 3.55. The summed E-state index contributed by atoms with van der Waals surface area (Å²) in [5.41, 5.74) is 0.903. The van der Waals surface area contributed by atoms with Crippen LogP contribution in [0.3, 0.4) is 0 Å². The summed E-state index contributed by atoms with van der Waals surface area (Å²) >= 11 is 7.13. The maximum atomic E-state index is 5.74. The summed E-state index contributed by atoms with van der Waals surface area (Å²) in [5, 5.41) is 4.08. The molecule has 0 saturated heterocycles. The molecule has 2 rings (SSSR count). The Hall–Kier alpha value is -1.26. The molecule has 2 aromatic rings. The number of methoxy groups -OCH3 is 1. The number of halogens is 1. The van der Waals surface area contributed by atoms with Crippen LogP contribution in [0, 0.1) is 0 Å². The third-order valence-corrected chi connectivity index (χ3v) is 2.87. The fourth-order valence-corrected chi connectivity index (χ4v) is 2.04. The number of rotatable bonds is 3. The molecule has 3 nitrogen and oxygen atoms in total. The van der Waals surface area contributed by atoms with Gasteiger partial charge in [-0.15, -0.1) is 0 Å². The molecule has 0 saturated carbocycles. The van der Waals surface area contributed by atoms with Crippen LogP contribution in [0.15, 0.2) is 30.5 Å². The minimum absolute atomic E-state index is 0.521. The molecular weight excluding hydrogens is 232 g/mol. The quantitative estimate of drug-likeness (QED) is 0.891. The number of hydrogen-bond acceptors (Lipinski definition) is 4. The van der Waals surface area contributed by atoms with Gasteiger partial charge in [-0.2, -0.15) is 0 Å². The van der Waals surface area contributed by atoms with Crippen LogP contribution >= 0.6 is 22.9 Å². The highest BCUT2D eigenvalue weighted by atomic mass is 35.5. The normalized spacial score (nSPS) is 10.0. The number of nitrogens with zero attached hydrogens (tertiary/aromatic N) is 1. The van der Waals surface area contributed by atoms with E-state index in [4.69, 9.17) is 16.3 Å². The first-order valence-electron chi connectivity index (χ1n) is 4.31. The van der Waals surface area contributed by atoms with Gasteiger partial charge in [0.1, 0.15) is 10.8 Å². The van der Waals surface area contributed by atoms with Gasteiger partial charge in [-0.05, 0) is 12.1 Å². The van der Waals surface area contributed by atoms with E-state index in [1.807, 2.05) is 24.3 Å². The third kappa shape index (κ3) is 2.40. The third-order valence-electron chi connectivity index (χ3n) is 1.84. The zero-order valence-electron chi connectivity index (χ0n) is 8.03. The number of hydrogen-bond donors (Lipinski definition) is 1. The van der Waals surface area contributed by atoms with Crippen molar-refractivity contribution in [3.63, 3.8) is 0 Å². The van der Waals surface area contributed by atoms with Gasteiger partial charge < -0.3 is 10.1 Å². The molecule has 5 heteroatoms. The van der Waals surface area contributed by atoms with E-state index in [1.54, 1.807) is 13.3 Å². The molecule has 15 heavy (non-hydrogen) atoms. The summed E-state index contributed by atoms with van der Waals surface area (Å²) in [6, 6.07) is 7.69. The SMILES string of the molecule is COc1ccccc1Nc1cnc(Cl)s1. The Morgan fingerprint density at radius 3 is 2.87 bits per heavy atom. The van der Waals surface area contributed by atoms with E-state index in [0.29, 0.717) is 4.47 Å². The largest absolute Gasteiger partial charge is 0.495 e. The van der Waals surface area contributed by atoms with E-state index in [0.717, 1.165) is 16.4 Å². The summed E-state index contributed by atoms with van der Waals surface area (Å²) < 4.78 is 5.73. The highest BCUT2D eigenvalue weighted by Gasteiger charge is 2.03. The maximum absolute atomic E-state index is 5.74. The Bertz CT molecular complexity index is 458. The second-order valence-corrected chi connectivity index (χ2v) is 4.42. The molecule has 1 heterocycles. The first kappa shape index (κ1) is 10.3. The Labute approximate surface area is 96.7 Å². The number of thiazole rings is 1. The number of benzene rings is 1. The minimum Gasteiger partial charge on any atom is -0.495 e. The molecule has 0 unspecified atom stereocenters. The van der Waals surface area contributed by atoms with Gasteiger partial charge in [0.15, 0.2) is 4.47 Å². The van der Waals surface area contributed by atoms with Gasteiger partial charge in [-0.1, -0.05) is 35.1 Å². The van der Waals surface area contributed by atoms with Gasteiger partial charge >= 0.3 is 0 Å². The van der Waals surface area contributed by atoms with Crippen LogP contribution in [0.2, 0.25) is 4.47 Å². The van der Waals surface area contributed by atoms with Crippen molar-refractivity contribution in [2.24, 2.45) is 0 Å². The molecule has 0 aliphatic carbocycles. The Morgan fingerprint density at radius 2 is 2.20 bits per heavy atom. The lowest BCUT2D eigenvalue weighted by Crippen LogP contribution is -1.91. The molecule has 1 N–H and O–H groups in total. The van der Waals surface area contributed by atoms with Crippen LogP contribution in [0.5, 0.6) is 5.75 Å². The number of nitrogens with one attached hydrogen (secondary N) is 1. The summed E-state index contributed by atoms with van der Waals surface area (Å²) in [7, 11) is 1.64. The van der Waals surface area contributed by atoms with Crippen LogP contribution in [0.4, 0.5) is 10.7 Å². The van der Waals surface area contributed by atoms with E-state index < -0.39 is 0 Å². The second kappa shape index (κ2) is 4.51. The molecule has 78 valence electrons. The van der Waals surface area contributed by atoms with E-state index in [-0.39, 0.29) is 0 Å². The van der Waals surface area contributed by atoms with Crippen molar-refractivity contribution < 1.29 is 4.74 Å². The molecule has 0 aliphatic rings. The summed E-state index contributed by atoms with van der Waals surface area (Å²) in [5.74, 6) is 0.794. The van der Waals surface area contributed by atoms with Crippen LogP contribution in [-0.2, 0) is 0 Å². The molecule has 0 radical (unpaired) electrons. The lowest BCUT2D eigenvalue weighted by atomic mass is 10.3. The number of para-hydroxylation sites is 2. The fourth-order valence-electron chi connectivity index (χ4n) is 1.19. The summed E-state index contributed by atoms with van der Waals surface area (Å²) in [6.07, 6.45) is 1.69. The van der Waals surface area contributed by atoms with Gasteiger partial charge in [-0.3, -0.25) is 0 Å². The molecule has 0 atom stereocenters. The van der Waals surface area contributed by atoms with Crippen LogP contribution in [-0.4, -0.2) is 12.1 Å². The van der Waals surface area contributed by atoms with E-state index >= 15 is 0 Å². The maximum Gasteiger partial charge on any atom is 0.185 e. The Balaban J connectivity index is 2.23. The molecule has 0 bridgehead atoms. The van der Waals surface area contributed by atoms with E-state index in [2.05, 4.69) is 10.3 Å². The van der Waals surface area contributed by atoms with Crippen molar-refractivity contribution in [2.45, 2.75) is 0 Å². The summed E-state index contributed by atoms with van der Waals surface area (Å²) in [4.78, 5) is 3.95. The van der Waals surface area contributed by atoms with Crippen LogP contribution in [0.25, 0.3) is 0 Å². The van der Waals surface area contributed by atoms with Crippen molar-refractivity contribution in [2.75, 3.05) is 12.4 Å². The van der Waals surface area contributed by atoms with Crippen molar-refractivity contribution in [3.05, 3.63) is 34.9 Å². The average Bonchev–Trinajstić information content (AvgIpc) is 2.65. The van der Waals surface area contributed by atoms with Gasteiger partial charge in [-0.25, -0.2) is 4.98 Å². The van der Waals surface area contributed by atoms with Crippen molar-refractivity contribution in [1.82, 2.24) is 4.98 Å². The van der Waals surface area contributed by atoms with Crippen LogP contribution < -0.4 is 10.1 Å². The highest BCUT2D eigenvalue weighted by Crippen LogP contribution is 2.30. The minimum atomic E-state index is 0.521. The molecule has 0 aliphatic heterocycles. The number of anilines is 2. The van der Waals surface area contributed by atoms with Gasteiger partial charge in [0.25, 0.3) is 0 Å². The molecular formula is C10H9ClN2OS. The monoisotopic (exact) mass is 240 g/mol. The molecule has 1 aromatic carbocycles. The molecule has 0 fully saturated rings. The van der Waals surface area contributed by atoms with Gasteiger partial charge in [0.2, 0.25) is 0 Å². The predicted molar refractivity (Wildman–Crippen MR) is 63.4 cm³/mol. The van der Waals surface area contributed by atoms with Gasteiger partial charge in [0.05, 0.1) is 19.0 Å². The number of aromatic nitrogens is 1. The Kier molecular flexibility index (Phi) is 3.08. The first-order chi connectivity index (χ1) is 7.29. The highest BCUT2D eigenvalue weighted by molar-refractivity contribution is 7.19. The second-order valence-electron chi connectivity index (χ2n) is 2.80. The summed E-state index contributed by atoms with van der Waals surface area (Å²) in [6.45, 7) is 0. The standard InChI is InChI=1S/C10H9ClN2OS/c1-14-8-5-3-2-4-7(8)13-9-6-12-10(11)15-9/h2-6,13H,1H3. The average molecular weight is 241 g/mol. The first-order valence-corrected chi connectivity index (χ1v) is 5.50. The smallest absolute Gasteiger partial charge is 0.185 e. The molecule has 1 aromatic heterocycles. The molecule has 0 amide bonds. The van der Waals surface area contributed by atoms with Crippen molar-refractivity contribution in [1.29, 1.82) is 0 Å². The Morgan fingerprint density at radius 1 is 1.40 bits per heavy atom. The van der Waals surface area contributed by atoms with Crippen molar-refractivity contribution >= 4 is 33.6 Å². The zero-order chi connectivity index (χ0) is 10.7. The lowest BCUT2D eigenvalue weighted by molar-refractivity contribution is 0.417.